The summed E-state index contributed by atoms with van der Waals surface area (Å²) in [5.41, 5.74) is -3.92. The topological polar surface area (TPSA) is 134 Å². The Kier molecular flexibility index (Phi) is 5.96. The zero-order valence-electron chi connectivity index (χ0n) is 21.5. The first-order valence-electron chi connectivity index (χ1n) is 12.3. The lowest BCUT2D eigenvalue weighted by Crippen LogP contribution is -2.66. The van der Waals surface area contributed by atoms with Gasteiger partial charge in [-0.2, -0.15) is 0 Å². The molecule has 8 heteroatoms. The SMILES string of the molecule is C/C=C(\C)C(=O)OCC1=C[C@@H]2C(O)[C@]3(C=C(C)[C@H](O)[C@@]3(O)[C@@H]1O)[C@H](C)C[C@]1(OC(C)=O)[C@H]2C1(C)C. The highest BCUT2D eigenvalue weighted by atomic mass is 16.6. The molecule has 2 saturated carbocycles. The molecule has 2 bridgehead atoms. The Balaban J connectivity index is 1.89. The number of hydrogen-bond donors (Lipinski definition) is 4. The molecule has 0 aliphatic heterocycles. The van der Waals surface area contributed by atoms with E-state index in [9.17, 15) is 30.0 Å². The van der Waals surface area contributed by atoms with Gasteiger partial charge in [-0.3, -0.25) is 4.79 Å². The zero-order valence-corrected chi connectivity index (χ0v) is 21.5. The summed E-state index contributed by atoms with van der Waals surface area (Å²) >= 11 is 0. The first kappa shape index (κ1) is 26.1. The molecule has 35 heavy (non-hydrogen) atoms. The first-order chi connectivity index (χ1) is 16.1. The summed E-state index contributed by atoms with van der Waals surface area (Å²) in [5.74, 6) is -2.41. The Hall–Kier alpha value is -2.00. The van der Waals surface area contributed by atoms with E-state index in [2.05, 4.69) is 0 Å². The van der Waals surface area contributed by atoms with Gasteiger partial charge in [0.15, 0.2) is 0 Å². The summed E-state index contributed by atoms with van der Waals surface area (Å²) in [6.45, 7) is 11.8. The number of allylic oxidation sites excluding steroid dienone is 1. The summed E-state index contributed by atoms with van der Waals surface area (Å²) in [4.78, 5) is 24.5. The summed E-state index contributed by atoms with van der Waals surface area (Å²) in [6, 6.07) is 0. The minimum atomic E-state index is -2.17. The number of ether oxygens (including phenoxy) is 2. The van der Waals surface area contributed by atoms with Crippen LogP contribution in [0.1, 0.15) is 54.9 Å². The fourth-order valence-corrected chi connectivity index (χ4v) is 7.66. The zero-order chi connectivity index (χ0) is 26.3. The lowest BCUT2D eigenvalue weighted by molar-refractivity contribution is -0.217. The van der Waals surface area contributed by atoms with Crippen molar-refractivity contribution in [2.75, 3.05) is 6.61 Å². The number of rotatable bonds is 4. The molecule has 194 valence electrons. The van der Waals surface area contributed by atoms with Crippen LogP contribution in [0, 0.1) is 28.6 Å². The van der Waals surface area contributed by atoms with Crippen molar-refractivity contribution in [1.29, 1.82) is 0 Å². The van der Waals surface area contributed by atoms with E-state index in [1.165, 1.54) is 6.92 Å². The van der Waals surface area contributed by atoms with Crippen LogP contribution < -0.4 is 0 Å². The van der Waals surface area contributed by atoms with E-state index < -0.39 is 64.1 Å². The van der Waals surface area contributed by atoms with Gasteiger partial charge >= 0.3 is 11.9 Å². The molecule has 0 aromatic heterocycles. The highest BCUT2D eigenvalue weighted by molar-refractivity contribution is 5.87. The summed E-state index contributed by atoms with van der Waals surface area (Å²) in [6.07, 6.45) is 1.07. The molecule has 4 rings (SSSR count). The van der Waals surface area contributed by atoms with Crippen molar-refractivity contribution in [2.24, 2.45) is 28.6 Å². The van der Waals surface area contributed by atoms with Gasteiger partial charge in [-0.05, 0) is 44.3 Å². The molecule has 1 spiro atoms. The molecule has 1 unspecified atom stereocenters. The van der Waals surface area contributed by atoms with Crippen LogP contribution in [0.25, 0.3) is 0 Å². The van der Waals surface area contributed by atoms with Crippen molar-refractivity contribution in [3.8, 4) is 0 Å². The van der Waals surface area contributed by atoms with E-state index >= 15 is 0 Å². The second-order valence-corrected chi connectivity index (χ2v) is 11.6. The third-order valence-electron chi connectivity index (χ3n) is 9.58. The molecule has 0 saturated heterocycles. The second kappa shape index (κ2) is 8.00. The van der Waals surface area contributed by atoms with Crippen LogP contribution in [-0.4, -0.2) is 68.5 Å². The number of carbonyl (C=O) groups excluding carboxylic acids is 2. The van der Waals surface area contributed by atoms with E-state index in [0.29, 0.717) is 17.6 Å². The molecular formula is C27H38O8. The minimum Gasteiger partial charge on any atom is -0.458 e. The smallest absolute Gasteiger partial charge is 0.333 e. The Morgan fingerprint density at radius 1 is 1.17 bits per heavy atom. The lowest BCUT2D eigenvalue weighted by Gasteiger charge is -2.51. The minimum absolute atomic E-state index is 0.200. The van der Waals surface area contributed by atoms with Gasteiger partial charge in [-0.1, -0.05) is 39.0 Å². The summed E-state index contributed by atoms with van der Waals surface area (Å²) < 4.78 is 11.4. The number of aliphatic hydroxyl groups is 4. The number of esters is 2. The Bertz CT molecular complexity index is 1040. The van der Waals surface area contributed by atoms with Gasteiger partial charge in [0.05, 0.1) is 11.5 Å². The van der Waals surface area contributed by atoms with Crippen LogP contribution in [-0.2, 0) is 19.1 Å². The number of fused-ring (bicyclic) bond motifs is 3. The van der Waals surface area contributed by atoms with Crippen molar-refractivity contribution in [3.63, 3.8) is 0 Å². The van der Waals surface area contributed by atoms with Crippen molar-refractivity contribution >= 4 is 11.9 Å². The average Bonchev–Trinajstić information content (AvgIpc) is 3.19. The maximum absolute atomic E-state index is 12.4. The van der Waals surface area contributed by atoms with Crippen LogP contribution in [0.2, 0.25) is 0 Å². The summed E-state index contributed by atoms with van der Waals surface area (Å²) in [7, 11) is 0. The maximum atomic E-state index is 12.4. The number of carbonyl (C=O) groups is 2. The molecule has 0 aromatic carbocycles. The third kappa shape index (κ3) is 3.12. The molecule has 0 heterocycles. The number of aliphatic hydroxyl groups excluding tert-OH is 3. The molecule has 8 nitrogen and oxygen atoms in total. The van der Waals surface area contributed by atoms with Gasteiger partial charge in [0.1, 0.15) is 30.0 Å². The number of hydrogen-bond acceptors (Lipinski definition) is 8. The largest absolute Gasteiger partial charge is 0.458 e. The van der Waals surface area contributed by atoms with E-state index in [1.807, 2.05) is 20.8 Å². The van der Waals surface area contributed by atoms with E-state index in [0.717, 1.165) is 0 Å². The normalized spacial score (nSPS) is 45.7. The molecule has 0 radical (unpaired) electrons. The van der Waals surface area contributed by atoms with E-state index in [-0.39, 0.29) is 18.1 Å². The average molecular weight is 491 g/mol. The molecule has 4 aliphatic rings. The molecule has 9 atom stereocenters. The first-order valence-corrected chi connectivity index (χ1v) is 12.3. The maximum Gasteiger partial charge on any atom is 0.333 e. The molecule has 0 aromatic rings. The van der Waals surface area contributed by atoms with E-state index in [1.54, 1.807) is 39.0 Å². The van der Waals surface area contributed by atoms with Crippen LogP contribution in [0.15, 0.2) is 34.9 Å². The Labute approximate surface area is 206 Å². The highest BCUT2D eigenvalue weighted by Gasteiger charge is 2.82. The van der Waals surface area contributed by atoms with Crippen molar-refractivity contribution < 1.29 is 39.5 Å². The van der Waals surface area contributed by atoms with Crippen molar-refractivity contribution in [3.05, 3.63) is 34.9 Å². The van der Waals surface area contributed by atoms with Crippen LogP contribution >= 0.6 is 0 Å². The van der Waals surface area contributed by atoms with Gasteiger partial charge in [0.25, 0.3) is 0 Å². The monoisotopic (exact) mass is 490 g/mol. The van der Waals surface area contributed by atoms with Gasteiger partial charge < -0.3 is 29.9 Å². The Morgan fingerprint density at radius 2 is 1.80 bits per heavy atom. The van der Waals surface area contributed by atoms with Gasteiger partial charge in [-0.15, -0.1) is 0 Å². The Morgan fingerprint density at radius 3 is 2.37 bits per heavy atom. The lowest BCUT2D eigenvalue weighted by atomic mass is 9.58. The fraction of sp³-hybridized carbons (Fsp3) is 0.704. The summed E-state index contributed by atoms with van der Waals surface area (Å²) in [5, 5.41) is 46.9. The fourth-order valence-electron chi connectivity index (χ4n) is 7.66. The van der Waals surface area contributed by atoms with Crippen LogP contribution in [0.5, 0.6) is 0 Å². The molecule has 0 amide bonds. The quantitative estimate of drug-likeness (QED) is 0.266. The third-order valence-corrected chi connectivity index (χ3v) is 9.58. The van der Waals surface area contributed by atoms with Gasteiger partial charge in [-0.25, -0.2) is 4.79 Å². The van der Waals surface area contributed by atoms with Crippen LogP contribution in [0.4, 0.5) is 0 Å². The molecule has 4 N–H and O–H groups in total. The van der Waals surface area contributed by atoms with E-state index in [4.69, 9.17) is 9.47 Å². The standard InChI is InChI=1S/C27H38O8/c1-8-13(2)23(32)34-12-17-9-18-19-24(6,7)26(19,35-16(5)28)11-15(4)25(22(18)31)10-14(3)20(29)27(25,33)21(17)30/h8-10,15,18-22,29-31,33H,11-12H2,1-7H3/b13-8+/t15-,18+,19-,20+,21-,22?,25+,26+,27-/m1/s1. The molecule has 2 fully saturated rings. The van der Waals surface area contributed by atoms with Crippen molar-refractivity contribution in [2.45, 2.75) is 84.4 Å². The molecular weight excluding hydrogens is 452 g/mol. The molecule has 4 aliphatic carbocycles. The van der Waals surface area contributed by atoms with Gasteiger partial charge in [0, 0.05) is 29.7 Å². The predicted octanol–water partition coefficient (Wildman–Crippen LogP) is 1.81. The van der Waals surface area contributed by atoms with Crippen molar-refractivity contribution in [1.82, 2.24) is 0 Å². The highest BCUT2D eigenvalue weighted by Crippen LogP contribution is 2.76. The van der Waals surface area contributed by atoms with Gasteiger partial charge in [0.2, 0.25) is 0 Å². The van der Waals surface area contributed by atoms with Crippen LogP contribution in [0.3, 0.4) is 0 Å². The predicted molar refractivity (Wildman–Crippen MR) is 127 cm³/mol. The second-order valence-electron chi connectivity index (χ2n) is 11.6.